The molecule has 154 valence electrons. The van der Waals surface area contributed by atoms with Crippen molar-refractivity contribution in [3.05, 3.63) is 11.3 Å². The predicted molar refractivity (Wildman–Crippen MR) is 97.8 cm³/mol. The Labute approximate surface area is 164 Å². The van der Waals surface area contributed by atoms with Crippen LogP contribution in [-0.4, -0.2) is 47.9 Å². The van der Waals surface area contributed by atoms with Crippen molar-refractivity contribution < 1.29 is 29.0 Å². The van der Waals surface area contributed by atoms with Crippen molar-refractivity contribution in [2.75, 3.05) is 13.2 Å². The molecule has 4 aliphatic carbocycles. The van der Waals surface area contributed by atoms with Gasteiger partial charge in [-0.25, -0.2) is 9.59 Å². The summed E-state index contributed by atoms with van der Waals surface area (Å²) < 4.78 is 10.7. The van der Waals surface area contributed by atoms with Gasteiger partial charge in [-0.1, -0.05) is 0 Å². The lowest BCUT2D eigenvalue weighted by Gasteiger charge is -2.58. The number of hydrogen-bond donors (Lipinski definition) is 3. The molecule has 4 fully saturated rings. The maximum Gasteiger partial charge on any atom is 0.338 e. The zero-order valence-corrected chi connectivity index (χ0v) is 16.4. The van der Waals surface area contributed by atoms with Crippen molar-refractivity contribution in [1.82, 2.24) is 10.6 Å². The largest absolute Gasteiger partial charge is 0.463 e. The molecular formula is C20H28N2O6. The van der Waals surface area contributed by atoms with E-state index in [1.807, 2.05) is 0 Å². The summed E-state index contributed by atoms with van der Waals surface area (Å²) in [6.45, 7) is 3.40. The van der Waals surface area contributed by atoms with E-state index in [9.17, 15) is 19.5 Å². The predicted octanol–water partition coefficient (Wildman–Crippen LogP) is 1.38. The highest BCUT2D eigenvalue weighted by atomic mass is 16.5. The van der Waals surface area contributed by atoms with Crippen LogP contribution in [0.5, 0.6) is 0 Å². The molecule has 0 saturated heterocycles. The molecule has 0 spiro atoms. The van der Waals surface area contributed by atoms with Crippen LogP contribution < -0.4 is 10.6 Å². The van der Waals surface area contributed by atoms with Crippen LogP contribution in [0.25, 0.3) is 0 Å². The van der Waals surface area contributed by atoms with Crippen LogP contribution >= 0.6 is 0 Å². The first kappa shape index (κ1) is 19.2. The van der Waals surface area contributed by atoms with Crippen LogP contribution in [0.2, 0.25) is 0 Å². The summed E-state index contributed by atoms with van der Waals surface area (Å²) >= 11 is 0. The lowest BCUT2D eigenvalue weighted by Crippen LogP contribution is -2.58. The van der Waals surface area contributed by atoms with Gasteiger partial charge >= 0.3 is 18.0 Å². The van der Waals surface area contributed by atoms with Gasteiger partial charge in [0.15, 0.2) is 0 Å². The zero-order valence-electron chi connectivity index (χ0n) is 16.4. The van der Waals surface area contributed by atoms with Crippen molar-refractivity contribution in [3.8, 4) is 0 Å². The molecular weight excluding hydrogens is 364 g/mol. The smallest absolute Gasteiger partial charge is 0.338 e. The molecule has 8 nitrogen and oxygen atoms in total. The fourth-order valence-electron chi connectivity index (χ4n) is 6.14. The van der Waals surface area contributed by atoms with E-state index in [0.29, 0.717) is 18.3 Å². The van der Waals surface area contributed by atoms with Crippen LogP contribution in [-0.2, 0) is 19.1 Å². The minimum absolute atomic E-state index is 0.194. The third kappa shape index (κ3) is 3.27. The summed E-state index contributed by atoms with van der Waals surface area (Å²) in [4.78, 5) is 37.2. The molecule has 2 amide bonds. The molecule has 4 bridgehead atoms. The van der Waals surface area contributed by atoms with Crippen LogP contribution in [0.15, 0.2) is 11.3 Å². The molecule has 3 unspecified atom stereocenters. The molecule has 1 aliphatic heterocycles. The lowest BCUT2D eigenvalue weighted by molar-refractivity contribution is -0.195. The van der Waals surface area contributed by atoms with E-state index in [1.54, 1.807) is 13.8 Å². The molecule has 5 rings (SSSR count). The Bertz CT molecular complexity index is 731. The van der Waals surface area contributed by atoms with E-state index >= 15 is 0 Å². The Morgan fingerprint density at radius 3 is 2.46 bits per heavy atom. The van der Waals surface area contributed by atoms with Gasteiger partial charge in [0, 0.05) is 0 Å². The minimum Gasteiger partial charge on any atom is -0.463 e. The number of hydrogen-bond acceptors (Lipinski definition) is 6. The molecule has 0 radical (unpaired) electrons. The van der Waals surface area contributed by atoms with E-state index in [-0.39, 0.29) is 30.5 Å². The Balaban J connectivity index is 1.51. The highest BCUT2D eigenvalue weighted by Gasteiger charge is 2.60. The standard InChI is InChI=1S/C20H28N2O6/c1-3-27-16(23)15-11(2)21-18(25)22-14(15)9-28-17(24)19-5-12-4-13(6-19)8-20(26,7-12)10-19/h11-13,26H,3-10H2,1-2H3,(H2,21,22,25). The van der Waals surface area contributed by atoms with E-state index < -0.39 is 29.1 Å². The van der Waals surface area contributed by atoms with Crippen molar-refractivity contribution in [3.63, 3.8) is 0 Å². The lowest BCUT2D eigenvalue weighted by atomic mass is 9.48. The second kappa shape index (κ2) is 6.76. The van der Waals surface area contributed by atoms with Crippen LogP contribution in [0, 0.1) is 17.3 Å². The average molecular weight is 392 g/mol. The molecule has 0 aromatic heterocycles. The van der Waals surface area contributed by atoms with Crippen molar-refractivity contribution >= 4 is 18.0 Å². The van der Waals surface area contributed by atoms with Crippen LogP contribution in [0.4, 0.5) is 4.79 Å². The molecule has 4 saturated carbocycles. The summed E-state index contributed by atoms with van der Waals surface area (Å²) in [5, 5.41) is 16.0. The number of carbonyl (C=O) groups is 3. The number of carbonyl (C=O) groups excluding carboxylic acids is 3. The first-order chi connectivity index (χ1) is 13.2. The van der Waals surface area contributed by atoms with Crippen molar-refractivity contribution in [2.45, 2.75) is 64.0 Å². The maximum atomic E-state index is 13.0. The zero-order chi connectivity index (χ0) is 20.1. The van der Waals surface area contributed by atoms with Crippen molar-refractivity contribution in [1.29, 1.82) is 0 Å². The number of nitrogens with one attached hydrogen (secondary N) is 2. The third-order valence-corrected chi connectivity index (χ3v) is 6.68. The normalized spacial score (nSPS) is 38.7. The first-order valence-corrected chi connectivity index (χ1v) is 10.1. The van der Waals surface area contributed by atoms with Gasteiger partial charge in [-0.3, -0.25) is 4.79 Å². The summed E-state index contributed by atoms with van der Waals surface area (Å²) in [7, 11) is 0. The molecule has 0 aromatic rings. The second-order valence-corrected chi connectivity index (χ2v) is 8.97. The van der Waals surface area contributed by atoms with E-state index in [0.717, 1.165) is 32.1 Å². The number of urea groups is 1. The highest BCUT2D eigenvalue weighted by molar-refractivity contribution is 5.94. The summed E-state index contributed by atoms with van der Waals surface area (Å²) in [6.07, 6.45) is 4.57. The fraction of sp³-hybridized carbons (Fsp3) is 0.750. The van der Waals surface area contributed by atoms with Gasteiger partial charge in [0.05, 0.1) is 34.9 Å². The second-order valence-electron chi connectivity index (χ2n) is 8.97. The Morgan fingerprint density at radius 1 is 1.18 bits per heavy atom. The Hall–Kier alpha value is -2.09. The quantitative estimate of drug-likeness (QED) is 0.609. The van der Waals surface area contributed by atoms with Crippen molar-refractivity contribution in [2.24, 2.45) is 17.3 Å². The van der Waals surface area contributed by atoms with Gasteiger partial charge in [-0.2, -0.15) is 0 Å². The number of aliphatic hydroxyl groups is 1. The summed E-state index contributed by atoms with van der Waals surface area (Å²) in [6, 6.07) is -0.988. The Kier molecular flexibility index (Phi) is 4.64. The number of ether oxygens (including phenoxy) is 2. The minimum atomic E-state index is -0.754. The van der Waals surface area contributed by atoms with Gasteiger partial charge in [-0.15, -0.1) is 0 Å². The highest BCUT2D eigenvalue weighted by Crippen LogP contribution is 2.62. The van der Waals surface area contributed by atoms with Gasteiger partial charge in [0.2, 0.25) is 0 Å². The number of esters is 2. The molecule has 28 heavy (non-hydrogen) atoms. The van der Waals surface area contributed by atoms with Crippen LogP contribution in [0.1, 0.15) is 52.4 Å². The summed E-state index contributed by atoms with van der Waals surface area (Å²) in [5.41, 5.74) is -0.882. The number of amides is 2. The van der Waals surface area contributed by atoms with Gasteiger partial charge in [-0.05, 0) is 64.2 Å². The monoisotopic (exact) mass is 392 g/mol. The van der Waals surface area contributed by atoms with Gasteiger partial charge in [0.25, 0.3) is 0 Å². The average Bonchev–Trinajstić information content (AvgIpc) is 2.57. The van der Waals surface area contributed by atoms with E-state index in [1.165, 1.54) is 0 Å². The van der Waals surface area contributed by atoms with Gasteiger partial charge in [0.1, 0.15) is 6.61 Å². The SMILES string of the molecule is CCOC(=O)C1=C(COC(=O)C23CC4CC(CC(O)(C4)C2)C3)NC(=O)NC1C. The fourth-order valence-corrected chi connectivity index (χ4v) is 6.14. The molecule has 8 heteroatoms. The molecule has 3 atom stereocenters. The molecule has 3 N–H and O–H groups in total. The maximum absolute atomic E-state index is 13.0. The molecule has 0 aromatic carbocycles. The number of rotatable bonds is 5. The van der Waals surface area contributed by atoms with E-state index in [4.69, 9.17) is 9.47 Å². The third-order valence-electron chi connectivity index (χ3n) is 6.68. The first-order valence-electron chi connectivity index (χ1n) is 10.1. The van der Waals surface area contributed by atoms with Crippen LogP contribution in [0.3, 0.4) is 0 Å². The summed E-state index contributed by atoms with van der Waals surface area (Å²) in [5.74, 6) is -0.146. The topological polar surface area (TPSA) is 114 Å². The van der Waals surface area contributed by atoms with Gasteiger partial charge < -0.3 is 25.2 Å². The Morgan fingerprint density at radius 2 is 1.86 bits per heavy atom. The molecule has 1 heterocycles. The molecule has 5 aliphatic rings. The van der Waals surface area contributed by atoms with E-state index in [2.05, 4.69) is 10.6 Å².